The smallest absolute Gasteiger partial charge is 0.209 e. The van der Waals surface area contributed by atoms with E-state index in [1.807, 2.05) is 49.5 Å². The van der Waals surface area contributed by atoms with Crippen LogP contribution in [0.4, 0.5) is 0 Å². The number of nitrogens with one attached hydrogen (secondary N) is 1. The number of thioether (sulfide) groups is 1. The zero-order chi connectivity index (χ0) is 15.2. The summed E-state index contributed by atoms with van der Waals surface area (Å²) in [5.41, 5.74) is 1.10. The van der Waals surface area contributed by atoms with Crippen molar-refractivity contribution in [2.24, 2.45) is 7.05 Å². The first-order valence-corrected chi connectivity index (χ1v) is 8.01. The fourth-order valence-electron chi connectivity index (χ4n) is 2.00. The number of hydrogen-bond donors (Lipinski definition) is 1. The van der Waals surface area contributed by atoms with Crippen molar-refractivity contribution in [1.29, 1.82) is 0 Å². The molecular formula is C15H17N5OS. The Morgan fingerprint density at radius 3 is 2.82 bits per heavy atom. The van der Waals surface area contributed by atoms with E-state index in [0.29, 0.717) is 6.54 Å². The summed E-state index contributed by atoms with van der Waals surface area (Å²) in [6.07, 6.45) is 0. The first kappa shape index (κ1) is 14.8. The molecular weight excluding hydrogens is 298 g/mol. The summed E-state index contributed by atoms with van der Waals surface area (Å²) >= 11 is 1.62. The predicted octanol–water partition coefficient (Wildman–Crippen LogP) is 2.35. The lowest BCUT2D eigenvalue weighted by molar-refractivity contribution is 0.499. The number of furan rings is 1. The van der Waals surface area contributed by atoms with Gasteiger partial charge in [0, 0.05) is 24.9 Å². The summed E-state index contributed by atoms with van der Waals surface area (Å²) in [5, 5.41) is 15.5. The molecule has 2 aromatic heterocycles. The van der Waals surface area contributed by atoms with Crippen molar-refractivity contribution in [2.45, 2.75) is 11.7 Å². The molecule has 0 bridgehead atoms. The normalized spacial score (nSPS) is 11.0. The molecule has 3 aromatic rings. The van der Waals surface area contributed by atoms with Crippen LogP contribution in [-0.2, 0) is 13.6 Å². The van der Waals surface area contributed by atoms with Crippen LogP contribution in [0.15, 0.2) is 52.0 Å². The zero-order valence-corrected chi connectivity index (χ0v) is 13.1. The Bertz CT molecular complexity index is 710. The van der Waals surface area contributed by atoms with Gasteiger partial charge in [-0.1, -0.05) is 42.1 Å². The van der Waals surface area contributed by atoms with Gasteiger partial charge in [0.25, 0.3) is 0 Å². The molecule has 7 heteroatoms. The van der Waals surface area contributed by atoms with Crippen molar-refractivity contribution in [3.05, 3.63) is 48.2 Å². The Morgan fingerprint density at radius 1 is 1.18 bits per heavy atom. The van der Waals surface area contributed by atoms with Gasteiger partial charge in [0.2, 0.25) is 5.16 Å². The first-order chi connectivity index (χ1) is 10.8. The molecule has 22 heavy (non-hydrogen) atoms. The maximum Gasteiger partial charge on any atom is 0.209 e. The molecule has 6 nitrogen and oxygen atoms in total. The zero-order valence-electron chi connectivity index (χ0n) is 12.3. The van der Waals surface area contributed by atoms with E-state index < -0.39 is 0 Å². The lowest BCUT2D eigenvalue weighted by Gasteiger charge is -2.02. The van der Waals surface area contributed by atoms with Crippen LogP contribution in [0.25, 0.3) is 11.3 Å². The maximum absolute atomic E-state index is 5.84. The van der Waals surface area contributed by atoms with Gasteiger partial charge in [-0.25, -0.2) is 4.68 Å². The van der Waals surface area contributed by atoms with Crippen LogP contribution in [0.2, 0.25) is 0 Å². The minimum atomic E-state index is 0.713. The van der Waals surface area contributed by atoms with Crippen LogP contribution in [0.1, 0.15) is 5.76 Å². The van der Waals surface area contributed by atoms with Crippen LogP contribution >= 0.6 is 11.8 Å². The molecule has 0 amide bonds. The van der Waals surface area contributed by atoms with E-state index in [9.17, 15) is 0 Å². The Kier molecular flexibility index (Phi) is 4.87. The Balaban J connectivity index is 1.43. The van der Waals surface area contributed by atoms with Crippen molar-refractivity contribution in [1.82, 2.24) is 25.5 Å². The fraction of sp³-hybridized carbons (Fsp3) is 0.267. The number of rotatable bonds is 7. The summed E-state index contributed by atoms with van der Waals surface area (Å²) in [5.74, 6) is 2.74. The molecule has 0 saturated heterocycles. The van der Waals surface area contributed by atoms with Gasteiger partial charge in [0.1, 0.15) is 11.5 Å². The molecule has 0 saturated carbocycles. The van der Waals surface area contributed by atoms with Crippen molar-refractivity contribution >= 4 is 11.8 Å². The quantitative estimate of drug-likeness (QED) is 0.533. The number of tetrazole rings is 1. The number of aromatic nitrogens is 4. The number of hydrogen-bond acceptors (Lipinski definition) is 6. The van der Waals surface area contributed by atoms with Gasteiger partial charge in [0.05, 0.1) is 6.54 Å². The summed E-state index contributed by atoms with van der Waals surface area (Å²) in [4.78, 5) is 0. The highest BCUT2D eigenvalue weighted by Gasteiger charge is 2.05. The molecule has 0 atom stereocenters. The van der Waals surface area contributed by atoms with Gasteiger partial charge in [0.15, 0.2) is 0 Å². The van der Waals surface area contributed by atoms with Gasteiger partial charge in [-0.2, -0.15) is 0 Å². The molecule has 0 aliphatic heterocycles. The summed E-state index contributed by atoms with van der Waals surface area (Å²) in [7, 11) is 1.84. The Hall–Kier alpha value is -2.12. The van der Waals surface area contributed by atoms with E-state index in [4.69, 9.17) is 4.42 Å². The van der Waals surface area contributed by atoms with E-state index >= 15 is 0 Å². The third-order valence-corrected chi connectivity index (χ3v) is 4.12. The molecule has 0 aliphatic rings. The minimum absolute atomic E-state index is 0.713. The second-order valence-corrected chi connectivity index (χ2v) is 5.80. The second-order valence-electron chi connectivity index (χ2n) is 4.74. The monoisotopic (exact) mass is 315 g/mol. The van der Waals surface area contributed by atoms with Crippen molar-refractivity contribution in [3.63, 3.8) is 0 Å². The van der Waals surface area contributed by atoms with Crippen LogP contribution in [0.5, 0.6) is 0 Å². The van der Waals surface area contributed by atoms with E-state index in [-0.39, 0.29) is 0 Å². The maximum atomic E-state index is 5.84. The number of nitrogens with zero attached hydrogens (tertiary/aromatic N) is 4. The van der Waals surface area contributed by atoms with Gasteiger partial charge in [-0.05, 0) is 22.6 Å². The lowest BCUT2D eigenvalue weighted by atomic mass is 10.2. The molecule has 1 aromatic carbocycles. The highest BCUT2D eigenvalue weighted by atomic mass is 32.2. The standard InChI is InChI=1S/C15H17N5OS/c1-20-15(17-18-19-20)22-10-9-16-11-13-7-8-14(21-13)12-5-3-2-4-6-12/h2-8,16H,9-11H2,1H3. The SMILES string of the molecule is Cn1nnnc1SCCNCc1ccc(-c2ccccc2)o1. The molecule has 0 radical (unpaired) electrons. The highest BCUT2D eigenvalue weighted by molar-refractivity contribution is 7.99. The van der Waals surface area contributed by atoms with E-state index in [0.717, 1.165) is 34.5 Å². The van der Waals surface area contributed by atoms with E-state index in [1.165, 1.54) is 0 Å². The third-order valence-electron chi connectivity index (χ3n) is 3.11. The van der Waals surface area contributed by atoms with Crippen molar-refractivity contribution < 1.29 is 4.42 Å². The molecule has 114 valence electrons. The van der Waals surface area contributed by atoms with Gasteiger partial charge < -0.3 is 9.73 Å². The fourth-order valence-corrected chi connectivity index (χ4v) is 2.75. The molecule has 0 aliphatic carbocycles. The van der Waals surface area contributed by atoms with Crippen molar-refractivity contribution in [2.75, 3.05) is 12.3 Å². The van der Waals surface area contributed by atoms with Crippen LogP contribution in [-0.4, -0.2) is 32.5 Å². The molecule has 3 rings (SSSR count). The molecule has 2 heterocycles. The average Bonchev–Trinajstić information content (AvgIpc) is 3.17. The highest BCUT2D eigenvalue weighted by Crippen LogP contribution is 2.21. The van der Waals surface area contributed by atoms with Gasteiger partial charge >= 0.3 is 0 Å². The van der Waals surface area contributed by atoms with Crippen molar-refractivity contribution in [3.8, 4) is 11.3 Å². The number of aryl methyl sites for hydroxylation is 1. The molecule has 0 unspecified atom stereocenters. The number of benzene rings is 1. The van der Waals surface area contributed by atoms with Crippen LogP contribution in [0, 0.1) is 0 Å². The first-order valence-electron chi connectivity index (χ1n) is 7.03. The summed E-state index contributed by atoms with van der Waals surface area (Å²) < 4.78 is 7.51. The van der Waals surface area contributed by atoms with Gasteiger partial charge in [-0.3, -0.25) is 0 Å². The summed E-state index contributed by atoms with van der Waals surface area (Å²) in [6.45, 7) is 1.57. The van der Waals surface area contributed by atoms with E-state index in [1.54, 1.807) is 16.4 Å². The average molecular weight is 315 g/mol. The van der Waals surface area contributed by atoms with Crippen LogP contribution in [0.3, 0.4) is 0 Å². The molecule has 0 spiro atoms. The topological polar surface area (TPSA) is 68.8 Å². The predicted molar refractivity (Wildman–Crippen MR) is 85.4 cm³/mol. The molecule has 1 N–H and O–H groups in total. The van der Waals surface area contributed by atoms with E-state index in [2.05, 4.69) is 20.8 Å². The second kappa shape index (κ2) is 7.24. The van der Waals surface area contributed by atoms with Gasteiger partial charge in [-0.15, -0.1) is 5.10 Å². The minimum Gasteiger partial charge on any atom is -0.460 e. The van der Waals surface area contributed by atoms with Crippen LogP contribution < -0.4 is 5.32 Å². The molecule has 0 fully saturated rings. The Morgan fingerprint density at radius 2 is 2.05 bits per heavy atom. The summed E-state index contributed by atoms with van der Waals surface area (Å²) in [6, 6.07) is 14.1. The lowest BCUT2D eigenvalue weighted by Crippen LogP contribution is -2.16. The third kappa shape index (κ3) is 3.75. The Labute approximate surface area is 132 Å². The largest absolute Gasteiger partial charge is 0.460 e.